The van der Waals surface area contributed by atoms with E-state index >= 15 is 0 Å². The Hall–Kier alpha value is -2.15. The van der Waals surface area contributed by atoms with Crippen LogP contribution in [0.3, 0.4) is 0 Å². The summed E-state index contributed by atoms with van der Waals surface area (Å²) in [6.07, 6.45) is 1.56. The van der Waals surface area contributed by atoms with Crippen LogP contribution in [0, 0.1) is 0 Å². The molecule has 0 aliphatic carbocycles. The summed E-state index contributed by atoms with van der Waals surface area (Å²) < 4.78 is 1.04. The number of nitrogens with one attached hydrogen (secondary N) is 1. The van der Waals surface area contributed by atoms with E-state index in [1.165, 1.54) is 0 Å². The van der Waals surface area contributed by atoms with Crippen molar-refractivity contribution in [1.82, 2.24) is 14.9 Å². The molecule has 0 unspecified atom stereocenters. The standard InChI is InChI=1S/C16H18BrN5O/c1-12(23)21-6-8-22(9-7-21)16-10-15(18-11-19-16)20-14-4-2-13(17)3-5-14/h2-5,10-11H,6-9H2,1H3,(H,18,19,20). The monoisotopic (exact) mass is 375 g/mol. The summed E-state index contributed by atoms with van der Waals surface area (Å²) >= 11 is 3.42. The molecule has 0 spiro atoms. The quantitative estimate of drug-likeness (QED) is 0.893. The maximum Gasteiger partial charge on any atom is 0.219 e. The molecule has 6 nitrogen and oxygen atoms in total. The molecular formula is C16H18BrN5O. The Morgan fingerprint density at radius 1 is 1.13 bits per heavy atom. The van der Waals surface area contributed by atoms with E-state index in [0.717, 1.165) is 48.0 Å². The summed E-state index contributed by atoms with van der Waals surface area (Å²) in [5.41, 5.74) is 0.972. The predicted octanol–water partition coefficient (Wildman–Crippen LogP) is 2.65. The lowest BCUT2D eigenvalue weighted by molar-refractivity contribution is -0.129. The highest BCUT2D eigenvalue weighted by Crippen LogP contribution is 2.21. The summed E-state index contributed by atoms with van der Waals surface area (Å²) in [5.74, 6) is 1.76. The number of anilines is 3. The Labute approximate surface area is 143 Å². The molecule has 0 saturated carbocycles. The highest BCUT2D eigenvalue weighted by Gasteiger charge is 2.19. The van der Waals surface area contributed by atoms with Gasteiger partial charge in [-0.1, -0.05) is 15.9 Å². The smallest absolute Gasteiger partial charge is 0.219 e. The van der Waals surface area contributed by atoms with Gasteiger partial charge in [0, 0.05) is 49.3 Å². The average molecular weight is 376 g/mol. The fourth-order valence-electron chi connectivity index (χ4n) is 2.52. The van der Waals surface area contributed by atoms with Gasteiger partial charge in [0.05, 0.1) is 0 Å². The van der Waals surface area contributed by atoms with E-state index in [0.29, 0.717) is 0 Å². The third-order valence-electron chi connectivity index (χ3n) is 3.82. The molecule has 1 aromatic heterocycles. The van der Waals surface area contributed by atoms with Gasteiger partial charge in [-0.15, -0.1) is 0 Å². The number of halogens is 1. The van der Waals surface area contributed by atoms with E-state index in [9.17, 15) is 4.79 Å². The lowest BCUT2D eigenvalue weighted by atomic mass is 10.3. The molecule has 0 atom stereocenters. The first-order chi connectivity index (χ1) is 11.1. The molecule has 2 heterocycles. The zero-order chi connectivity index (χ0) is 16.2. The number of aromatic nitrogens is 2. The highest BCUT2D eigenvalue weighted by atomic mass is 79.9. The first kappa shape index (κ1) is 15.7. The molecule has 1 saturated heterocycles. The minimum atomic E-state index is 0.130. The van der Waals surface area contributed by atoms with Crippen LogP contribution in [0.4, 0.5) is 17.3 Å². The molecule has 7 heteroatoms. The van der Waals surface area contributed by atoms with Gasteiger partial charge in [-0.25, -0.2) is 9.97 Å². The lowest BCUT2D eigenvalue weighted by Crippen LogP contribution is -2.48. The minimum Gasteiger partial charge on any atom is -0.353 e. The summed E-state index contributed by atoms with van der Waals surface area (Å²) in [5, 5.41) is 3.27. The van der Waals surface area contributed by atoms with E-state index in [-0.39, 0.29) is 5.91 Å². The van der Waals surface area contributed by atoms with Crippen LogP contribution in [0.15, 0.2) is 41.1 Å². The largest absolute Gasteiger partial charge is 0.353 e. The second-order valence-corrected chi connectivity index (χ2v) is 6.30. The van der Waals surface area contributed by atoms with Crippen LogP contribution in [0.1, 0.15) is 6.92 Å². The molecule has 1 aliphatic rings. The van der Waals surface area contributed by atoms with E-state index in [1.54, 1.807) is 13.3 Å². The Balaban J connectivity index is 1.68. The van der Waals surface area contributed by atoms with E-state index in [2.05, 4.69) is 36.1 Å². The van der Waals surface area contributed by atoms with Gasteiger partial charge in [-0.2, -0.15) is 0 Å². The van der Waals surface area contributed by atoms with Gasteiger partial charge in [-0.3, -0.25) is 4.79 Å². The number of hydrogen-bond donors (Lipinski definition) is 1. The molecule has 1 fully saturated rings. The molecule has 3 rings (SSSR count). The number of carbonyl (C=O) groups is 1. The number of nitrogens with zero attached hydrogens (tertiary/aromatic N) is 4. The van der Waals surface area contributed by atoms with Crippen molar-refractivity contribution in [2.24, 2.45) is 0 Å². The van der Waals surface area contributed by atoms with Crippen LogP contribution in [-0.2, 0) is 4.79 Å². The van der Waals surface area contributed by atoms with Crippen LogP contribution in [0.25, 0.3) is 0 Å². The molecule has 0 bridgehead atoms. The van der Waals surface area contributed by atoms with E-state index in [1.807, 2.05) is 35.2 Å². The fourth-order valence-corrected chi connectivity index (χ4v) is 2.78. The van der Waals surface area contributed by atoms with Crippen molar-refractivity contribution in [1.29, 1.82) is 0 Å². The third-order valence-corrected chi connectivity index (χ3v) is 4.35. The summed E-state index contributed by atoms with van der Waals surface area (Å²) in [7, 11) is 0. The molecule has 1 N–H and O–H groups in total. The predicted molar refractivity (Wildman–Crippen MR) is 93.9 cm³/mol. The minimum absolute atomic E-state index is 0.130. The van der Waals surface area contributed by atoms with Crippen molar-refractivity contribution < 1.29 is 4.79 Å². The molecular weight excluding hydrogens is 358 g/mol. The Morgan fingerprint density at radius 3 is 2.48 bits per heavy atom. The van der Waals surface area contributed by atoms with Crippen LogP contribution < -0.4 is 10.2 Å². The Bertz CT molecular complexity index is 683. The summed E-state index contributed by atoms with van der Waals surface area (Å²) in [6.45, 7) is 4.65. The van der Waals surface area contributed by atoms with Crippen molar-refractivity contribution in [2.75, 3.05) is 36.4 Å². The number of amides is 1. The van der Waals surface area contributed by atoms with Gasteiger partial charge in [-0.05, 0) is 24.3 Å². The number of carbonyl (C=O) groups excluding carboxylic acids is 1. The Morgan fingerprint density at radius 2 is 1.83 bits per heavy atom. The van der Waals surface area contributed by atoms with Crippen molar-refractivity contribution in [3.05, 3.63) is 41.1 Å². The molecule has 0 radical (unpaired) electrons. The molecule has 1 aliphatic heterocycles. The van der Waals surface area contributed by atoms with Crippen molar-refractivity contribution in [2.45, 2.75) is 6.92 Å². The fraction of sp³-hybridized carbons (Fsp3) is 0.312. The molecule has 2 aromatic rings. The number of benzene rings is 1. The van der Waals surface area contributed by atoms with Gasteiger partial charge in [0.15, 0.2) is 0 Å². The van der Waals surface area contributed by atoms with Gasteiger partial charge < -0.3 is 15.1 Å². The van der Waals surface area contributed by atoms with Gasteiger partial charge in [0.1, 0.15) is 18.0 Å². The number of rotatable bonds is 3. The first-order valence-corrected chi connectivity index (χ1v) is 8.26. The van der Waals surface area contributed by atoms with Gasteiger partial charge in [0.25, 0.3) is 0 Å². The normalized spacial score (nSPS) is 14.7. The maximum atomic E-state index is 11.4. The zero-order valence-corrected chi connectivity index (χ0v) is 14.5. The first-order valence-electron chi connectivity index (χ1n) is 7.47. The maximum absolute atomic E-state index is 11.4. The van der Waals surface area contributed by atoms with E-state index in [4.69, 9.17) is 0 Å². The van der Waals surface area contributed by atoms with Crippen LogP contribution >= 0.6 is 15.9 Å². The van der Waals surface area contributed by atoms with Crippen LogP contribution in [-0.4, -0.2) is 47.0 Å². The Kier molecular flexibility index (Phi) is 4.76. The van der Waals surface area contributed by atoms with Crippen molar-refractivity contribution in [3.63, 3.8) is 0 Å². The van der Waals surface area contributed by atoms with Crippen molar-refractivity contribution in [3.8, 4) is 0 Å². The SMILES string of the molecule is CC(=O)N1CCN(c2cc(Nc3ccc(Br)cc3)ncn2)CC1. The summed E-state index contributed by atoms with van der Waals surface area (Å²) in [6, 6.07) is 9.86. The topological polar surface area (TPSA) is 61.4 Å². The molecule has 1 aromatic carbocycles. The van der Waals surface area contributed by atoms with Crippen LogP contribution in [0.2, 0.25) is 0 Å². The average Bonchev–Trinajstić information content (AvgIpc) is 2.57. The van der Waals surface area contributed by atoms with Crippen molar-refractivity contribution >= 4 is 39.2 Å². The zero-order valence-electron chi connectivity index (χ0n) is 12.9. The van der Waals surface area contributed by atoms with Crippen LogP contribution in [0.5, 0.6) is 0 Å². The third kappa shape index (κ3) is 3.98. The summed E-state index contributed by atoms with van der Waals surface area (Å²) in [4.78, 5) is 24.0. The number of piperazine rings is 1. The number of hydrogen-bond acceptors (Lipinski definition) is 5. The lowest BCUT2D eigenvalue weighted by Gasteiger charge is -2.34. The van der Waals surface area contributed by atoms with Gasteiger partial charge >= 0.3 is 0 Å². The molecule has 23 heavy (non-hydrogen) atoms. The molecule has 120 valence electrons. The second kappa shape index (κ2) is 6.95. The second-order valence-electron chi connectivity index (χ2n) is 5.39. The molecule has 1 amide bonds. The highest BCUT2D eigenvalue weighted by molar-refractivity contribution is 9.10. The van der Waals surface area contributed by atoms with Gasteiger partial charge in [0.2, 0.25) is 5.91 Å². The van der Waals surface area contributed by atoms with E-state index < -0.39 is 0 Å².